The summed E-state index contributed by atoms with van der Waals surface area (Å²) in [6, 6.07) is 13.1. The smallest absolute Gasteiger partial charge is 0.360 e. The minimum absolute atomic E-state index is 0.351. The second kappa shape index (κ2) is 9.63. The van der Waals surface area contributed by atoms with Gasteiger partial charge in [0.2, 0.25) is 0 Å². The molecule has 2 aliphatic rings. The van der Waals surface area contributed by atoms with Crippen molar-refractivity contribution in [2.75, 3.05) is 32.8 Å². The topological polar surface area (TPSA) is 56.6 Å². The van der Waals surface area contributed by atoms with E-state index in [9.17, 15) is 4.79 Å². The Balaban J connectivity index is 1.42. The van der Waals surface area contributed by atoms with Crippen LogP contribution in [0.25, 0.3) is 10.9 Å². The van der Waals surface area contributed by atoms with Gasteiger partial charge >= 0.3 is 5.97 Å². The highest BCUT2D eigenvalue weighted by molar-refractivity contribution is 6.35. The highest BCUT2D eigenvalue weighted by Crippen LogP contribution is 2.36. The van der Waals surface area contributed by atoms with E-state index in [4.69, 9.17) is 32.7 Å². The number of morpholine rings is 1. The lowest BCUT2D eigenvalue weighted by molar-refractivity contribution is -0.0498. The Kier molecular flexibility index (Phi) is 6.61. The number of ether oxygens (including phenoxy) is 2. The molecule has 2 fully saturated rings. The number of halogens is 2. The molecule has 3 aromatic rings. The van der Waals surface area contributed by atoms with E-state index in [-0.39, 0.29) is 5.97 Å². The van der Waals surface area contributed by atoms with Gasteiger partial charge in [0.25, 0.3) is 0 Å². The van der Waals surface area contributed by atoms with Gasteiger partial charge in [0, 0.05) is 35.1 Å². The second-order valence-corrected chi connectivity index (χ2v) is 9.77. The molecule has 8 heteroatoms. The van der Waals surface area contributed by atoms with Gasteiger partial charge in [-0.05, 0) is 49.4 Å². The van der Waals surface area contributed by atoms with Gasteiger partial charge in [-0.3, -0.25) is 9.58 Å². The first kappa shape index (κ1) is 22.7. The third-order valence-electron chi connectivity index (χ3n) is 6.63. The SMILES string of the molecule is O=C(OC1(CN2CCOCC2)CCCC1)c1nn(Cc2ccc(Cl)cc2Cl)c2ccccc12. The average Bonchev–Trinajstić information content (AvgIpc) is 3.41. The van der Waals surface area contributed by atoms with Crippen LogP contribution in [0.5, 0.6) is 0 Å². The van der Waals surface area contributed by atoms with Crippen molar-refractivity contribution in [2.45, 2.75) is 37.8 Å². The van der Waals surface area contributed by atoms with Gasteiger partial charge in [-0.15, -0.1) is 0 Å². The summed E-state index contributed by atoms with van der Waals surface area (Å²) >= 11 is 12.4. The Bertz CT molecular complexity index is 1150. The molecule has 1 aliphatic heterocycles. The van der Waals surface area contributed by atoms with Crippen LogP contribution in [0.1, 0.15) is 41.7 Å². The number of nitrogens with zero attached hydrogens (tertiary/aromatic N) is 3. The fourth-order valence-corrected chi connectivity index (χ4v) is 5.40. The monoisotopic (exact) mass is 487 g/mol. The zero-order valence-electron chi connectivity index (χ0n) is 18.4. The number of fused-ring (bicyclic) bond motifs is 1. The normalized spacial score (nSPS) is 18.6. The average molecular weight is 488 g/mol. The molecule has 6 nitrogen and oxygen atoms in total. The van der Waals surface area contributed by atoms with Gasteiger partial charge in [0.15, 0.2) is 5.69 Å². The Labute approximate surface area is 203 Å². The molecule has 0 amide bonds. The summed E-state index contributed by atoms with van der Waals surface area (Å²) in [5.74, 6) is -0.359. The third-order valence-corrected chi connectivity index (χ3v) is 7.21. The molecule has 1 aliphatic carbocycles. The summed E-state index contributed by atoms with van der Waals surface area (Å²) in [6.45, 7) is 4.39. The molecule has 5 rings (SSSR count). The molecule has 0 N–H and O–H groups in total. The summed E-state index contributed by atoms with van der Waals surface area (Å²) in [5, 5.41) is 6.62. The standard InChI is InChI=1S/C25H27Cl2N3O3/c26-19-8-7-18(21(27)15-19)16-30-22-6-2-1-5-20(22)23(28-30)24(31)33-25(9-3-4-10-25)17-29-11-13-32-14-12-29/h1-2,5-8,15H,3-4,9-14,16-17H2. The van der Waals surface area contributed by atoms with Gasteiger partial charge < -0.3 is 9.47 Å². The van der Waals surface area contributed by atoms with Crippen LogP contribution in [0.2, 0.25) is 10.0 Å². The molecule has 174 valence electrons. The number of hydrogen-bond acceptors (Lipinski definition) is 5. The highest BCUT2D eigenvalue weighted by atomic mass is 35.5. The van der Waals surface area contributed by atoms with Crippen molar-refractivity contribution in [1.29, 1.82) is 0 Å². The number of rotatable bonds is 6. The number of para-hydroxylation sites is 1. The largest absolute Gasteiger partial charge is 0.453 e. The number of benzene rings is 2. The van der Waals surface area contributed by atoms with Crippen LogP contribution < -0.4 is 0 Å². The van der Waals surface area contributed by atoms with E-state index in [1.54, 1.807) is 12.1 Å². The predicted molar refractivity (Wildman–Crippen MR) is 129 cm³/mol. The van der Waals surface area contributed by atoms with E-state index in [2.05, 4.69) is 10.00 Å². The van der Waals surface area contributed by atoms with Crippen LogP contribution >= 0.6 is 23.2 Å². The zero-order valence-corrected chi connectivity index (χ0v) is 19.9. The number of carbonyl (C=O) groups excluding carboxylic acids is 1. The van der Waals surface area contributed by atoms with Gasteiger partial charge in [0.1, 0.15) is 5.60 Å². The molecule has 0 bridgehead atoms. The molecule has 0 unspecified atom stereocenters. The van der Waals surface area contributed by atoms with Crippen molar-refractivity contribution in [3.63, 3.8) is 0 Å². The molecular weight excluding hydrogens is 461 g/mol. The molecule has 0 atom stereocenters. The van der Waals surface area contributed by atoms with Crippen molar-refractivity contribution < 1.29 is 14.3 Å². The summed E-state index contributed by atoms with van der Waals surface area (Å²) in [5.41, 5.74) is 1.64. The van der Waals surface area contributed by atoms with Crippen LogP contribution in [0.4, 0.5) is 0 Å². The van der Waals surface area contributed by atoms with Crippen LogP contribution in [-0.4, -0.2) is 59.1 Å². The molecule has 1 saturated carbocycles. The first-order chi connectivity index (χ1) is 16.0. The molecule has 1 aromatic heterocycles. The van der Waals surface area contributed by atoms with Crippen molar-refractivity contribution >= 4 is 40.1 Å². The van der Waals surface area contributed by atoms with Crippen molar-refractivity contribution in [1.82, 2.24) is 14.7 Å². The number of aromatic nitrogens is 2. The molecular formula is C25H27Cl2N3O3. The first-order valence-electron chi connectivity index (χ1n) is 11.5. The number of hydrogen-bond donors (Lipinski definition) is 0. The van der Waals surface area contributed by atoms with Crippen LogP contribution in [-0.2, 0) is 16.0 Å². The van der Waals surface area contributed by atoms with Gasteiger partial charge in [0.05, 0.1) is 25.3 Å². The molecule has 1 saturated heterocycles. The summed E-state index contributed by atoms with van der Waals surface area (Å²) in [7, 11) is 0. The van der Waals surface area contributed by atoms with Crippen molar-refractivity contribution in [3.8, 4) is 0 Å². The Hall–Kier alpha value is -2.12. The molecule has 2 aromatic carbocycles. The fourth-order valence-electron chi connectivity index (χ4n) is 4.93. The van der Waals surface area contributed by atoms with Crippen molar-refractivity contribution in [3.05, 3.63) is 63.8 Å². The van der Waals surface area contributed by atoms with E-state index >= 15 is 0 Å². The third kappa shape index (κ3) is 4.90. The highest BCUT2D eigenvalue weighted by Gasteiger charge is 2.40. The Morgan fingerprint density at radius 3 is 2.61 bits per heavy atom. The Morgan fingerprint density at radius 1 is 1.09 bits per heavy atom. The van der Waals surface area contributed by atoms with E-state index in [1.165, 1.54) is 0 Å². The summed E-state index contributed by atoms with van der Waals surface area (Å²) < 4.78 is 13.6. The maximum atomic E-state index is 13.5. The predicted octanol–water partition coefficient (Wildman–Crippen LogP) is 5.19. The summed E-state index contributed by atoms with van der Waals surface area (Å²) in [6.07, 6.45) is 3.91. The van der Waals surface area contributed by atoms with E-state index in [1.807, 2.05) is 35.0 Å². The minimum atomic E-state index is -0.460. The van der Waals surface area contributed by atoms with Crippen LogP contribution in [0.15, 0.2) is 42.5 Å². The van der Waals surface area contributed by atoms with Crippen LogP contribution in [0.3, 0.4) is 0 Å². The quantitative estimate of drug-likeness (QED) is 0.447. The maximum absolute atomic E-state index is 13.5. The van der Waals surface area contributed by atoms with Crippen molar-refractivity contribution in [2.24, 2.45) is 0 Å². The minimum Gasteiger partial charge on any atom is -0.453 e. The van der Waals surface area contributed by atoms with Gasteiger partial charge in [-0.2, -0.15) is 5.10 Å². The first-order valence-corrected chi connectivity index (χ1v) is 12.2. The number of carbonyl (C=O) groups is 1. The lowest BCUT2D eigenvalue weighted by Crippen LogP contribution is -2.48. The fraction of sp³-hybridized carbons (Fsp3) is 0.440. The van der Waals surface area contributed by atoms with E-state index in [0.717, 1.165) is 75.0 Å². The Morgan fingerprint density at radius 2 is 1.85 bits per heavy atom. The van der Waals surface area contributed by atoms with E-state index in [0.29, 0.717) is 22.3 Å². The second-order valence-electron chi connectivity index (χ2n) is 8.93. The molecule has 0 spiro atoms. The lowest BCUT2D eigenvalue weighted by atomic mass is 10.0. The van der Waals surface area contributed by atoms with Crippen LogP contribution in [0, 0.1) is 0 Å². The summed E-state index contributed by atoms with van der Waals surface area (Å²) in [4.78, 5) is 15.8. The zero-order chi connectivity index (χ0) is 22.8. The molecule has 2 heterocycles. The van der Waals surface area contributed by atoms with E-state index < -0.39 is 5.60 Å². The number of esters is 1. The lowest BCUT2D eigenvalue weighted by Gasteiger charge is -2.36. The molecule has 33 heavy (non-hydrogen) atoms. The molecule has 0 radical (unpaired) electrons. The van der Waals surface area contributed by atoms with Gasteiger partial charge in [-0.1, -0.05) is 47.5 Å². The maximum Gasteiger partial charge on any atom is 0.360 e. The van der Waals surface area contributed by atoms with Gasteiger partial charge in [-0.25, -0.2) is 4.79 Å².